The first-order chi connectivity index (χ1) is 8.63. The Morgan fingerprint density at radius 2 is 2.17 bits per heavy atom. The fourth-order valence-electron chi connectivity index (χ4n) is 2.06. The van der Waals surface area contributed by atoms with Gasteiger partial charge in [-0.25, -0.2) is 4.98 Å². The third kappa shape index (κ3) is 3.43. The molecule has 5 heteroatoms. The van der Waals surface area contributed by atoms with Crippen molar-refractivity contribution in [2.45, 2.75) is 32.7 Å². The van der Waals surface area contributed by atoms with E-state index < -0.39 is 0 Å². The van der Waals surface area contributed by atoms with Crippen LogP contribution in [0.2, 0.25) is 0 Å². The van der Waals surface area contributed by atoms with Crippen LogP contribution in [0, 0.1) is 5.41 Å². The van der Waals surface area contributed by atoms with Crippen LogP contribution < -0.4 is 10.6 Å². The summed E-state index contributed by atoms with van der Waals surface area (Å²) in [5.74, 6) is 0.803. The van der Waals surface area contributed by atoms with Crippen LogP contribution in [0.5, 0.6) is 0 Å². The number of amidine groups is 1. The molecular formula is C13H22N4O. The molecule has 1 rings (SSSR count). The number of rotatable bonds is 7. The van der Waals surface area contributed by atoms with Gasteiger partial charge < -0.3 is 15.7 Å². The number of aliphatic hydroxyl groups excluding tert-OH is 1. The molecule has 1 aromatic heterocycles. The molecule has 0 aliphatic carbocycles. The second kappa shape index (κ2) is 6.96. The van der Waals surface area contributed by atoms with Gasteiger partial charge in [0.1, 0.15) is 11.7 Å². The van der Waals surface area contributed by atoms with Gasteiger partial charge in [-0.2, -0.15) is 0 Å². The van der Waals surface area contributed by atoms with Crippen LogP contribution >= 0.6 is 0 Å². The zero-order chi connectivity index (χ0) is 13.5. The molecular weight excluding hydrogens is 228 g/mol. The summed E-state index contributed by atoms with van der Waals surface area (Å²) in [5.41, 5.74) is 6.15. The molecule has 4 N–H and O–H groups in total. The van der Waals surface area contributed by atoms with Crippen LogP contribution in [-0.2, 0) is 0 Å². The van der Waals surface area contributed by atoms with E-state index in [1.165, 1.54) is 0 Å². The molecule has 0 bridgehead atoms. The highest BCUT2D eigenvalue weighted by molar-refractivity contribution is 5.95. The van der Waals surface area contributed by atoms with Crippen molar-refractivity contribution in [2.75, 3.05) is 18.1 Å². The minimum Gasteiger partial charge on any atom is -0.395 e. The van der Waals surface area contributed by atoms with Crippen molar-refractivity contribution in [1.29, 1.82) is 5.41 Å². The highest BCUT2D eigenvalue weighted by Gasteiger charge is 2.16. The molecule has 0 fully saturated rings. The molecule has 18 heavy (non-hydrogen) atoms. The number of nitrogens with zero attached hydrogens (tertiary/aromatic N) is 2. The minimum atomic E-state index is 0.0344. The van der Waals surface area contributed by atoms with Gasteiger partial charge in [-0.15, -0.1) is 0 Å². The maximum atomic E-state index is 9.18. The Morgan fingerprint density at radius 1 is 1.50 bits per heavy atom. The molecule has 0 aliphatic heterocycles. The standard InChI is InChI=1S/C13H22N4O/c1-3-11(4-2)17(7-8-18)12-9-10(13(14)15)5-6-16-12/h5-6,9,11,18H,3-4,7-8H2,1-2H3,(H3,14,15). The molecule has 0 amide bonds. The summed E-state index contributed by atoms with van der Waals surface area (Å²) in [6.45, 7) is 4.86. The molecule has 0 aliphatic rings. The number of nitrogens with one attached hydrogen (secondary N) is 1. The molecule has 100 valence electrons. The van der Waals surface area contributed by atoms with Gasteiger partial charge in [0.25, 0.3) is 0 Å². The predicted molar refractivity (Wildman–Crippen MR) is 74.1 cm³/mol. The third-order valence-corrected chi connectivity index (χ3v) is 3.07. The van der Waals surface area contributed by atoms with Crippen molar-refractivity contribution in [2.24, 2.45) is 5.73 Å². The Morgan fingerprint density at radius 3 is 2.67 bits per heavy atom. The Balaban J connectivity index is 3.04. The van der Waals surface area contributed by atoms with E-state index in [1.54, 1.807) is 18.3 Å². The number of nitrogens with two attached hydrogens (primary N) is 1. The minimum absolute atomic E-state index is 0.0344. The van der Waals surface area contributed by atoms with Gasteiger partial charge in [-0.1, -0.05) is 13.8 Å². The van der Waals surface area contributed by atoms with Gasteiger partial charge in [0.15, 0.2) is 0 Å². The van der Waals surface area contributed by atoms with Crippen LogP contribution in [0.25, 0.3) is 0 Å². The van der Waals surface area contributed by atoms with Crippen molar-refractivity contribution in [3.8, 4) is 0 Å². The Kier molecular flexibility index (Phi) is 5.58. The van der Waals surface area contributed by atoms with E-state index >= 15 is 0 Å². The van der Waals surface area contributed by atoms with Crippen LogP contribution in [0.1, 0.15) is 32.3 Å². The summed E-state index contributed by atoms with van der Waals surface area (Å²) < 4.78 is 0. The lowest BCUT2D eigenvalue weighted by atomic mass is 10.1. The van der Waals surface area contributed by atoms with Crippen molar-refractivity contribution in [3.63, 3.8) is 0 Å². The van der Waals surface area contributed by atoms with E-state index in [-0.39, 0.29) is 12.4 Å². The normalized spacial score (nSPS) is 10.7. The smallest absolute Gasteiger partial charge is 0.129 e. The molecule has 1 aromatic rings. The molecule has 0 atom stereocenters. The Labute approximate surface area is 108 Å². The van der Waals surface area contributed by atoms with E-state index in [2.05, 4.69) is 23.7 Å². The van der Waals surface area contributed by atoms with Crippen LogP contribution in [-0.4, -0.2) is 35.1 Å². The molecule has 5 nitrogen and oxygen atoms in total. The zero-order valence-electron chi connectivity index (χ0n) is 11.1. The van der Waals surface area contributed by atoms with Gasteiger partial charge in [0.2, 0.25) is 0 Å². The van der Waals surface area contributed by atoms with Gasteiger partial charge in [-0.05, 0) is 25.0 Å². The van der Waals surface area contributed by atoms with E-state index in [4.69, 9.17) is 11.1 Å². The number of pyridine rings is 1. The lowest BCUT2D eigenvalue weighted by molar-refractivity contribution is 0.295. The predicted octanol–water partition coefficient (Wildman–Crippen LogP) is 1.35. The Bertz CT molecular complexity index is 390. The largest absolute Gasteiger partial charge is 0.395 e. The van der Waals surface area contributed by atoms with E-state index in [9.17, 15) is 5.11 Å². The molecule has 0 aromatic carbocycles. The van der Waals surface area contributed by atoms with Crippen LogP contribution in [0.15, 0.2) is 18.3 Å². The molecule has 0 saturated carbocycles. The van der Waals surface area contributed by atoms with Crippen molar-refractivity contribution >= 4 is 11.7 Å². The SMILES string of the molecule is CCC(CC)N(CCO)c1cc(C(=N)N)ccn1. The maximum absolute atomic E-state index is 9.18. The summed E-state index contributed by atoms with van der Waals surface area (Å²) in [6, 6.07) is 3.86. The number of aliphatic hydroxyl groups is 1. The first-order valence-corrected chi connectivity index (χ1v) is 6.31. The second-order valence-electron chi connectivity index (χ2n) is 4.20. The van der Waals surface area contributed by atoms with E-state index in [0.29, 0.717) is 18.2 Å². The number of aromatic nitrogens is 1. The number of hydrogen-bond donors (Lipinski definition) is 3. The van der Waals surface area contributed by atoms with Gasteiger partial charge >= 0.3 is 0 Å². The molecule has 0 unspecified atom stereocenters. The average molecular weight is 250 g/mol. The van der Waals surface area contributed by atoms with Crippen molar-refractivity contribution in [3.05, 3.63) is 23.9 Å². The topological polar surface area (TPSA) is 86.2 Å². The summed E-state index contributed by atoms with van der Waals surface area (Å²) in [7, 11) is 0. The molecule has 1 heterocycles. The highest BCUT2D eigenvalue weighted by Crippen LogP contribution is 2.18. The van der Waals surface area contributed by atoms with Crippen molar-refractivity contribution < 1.29 is 5.11 Å². The van der Waals surface area contributed by atoms with Crippen molar-refractivity contribution in [1.82, 2.24) is 4.98 Å². The molecule has 0 saturated heterocycles. The fourth-order valence-corrected chi connectivity index (χ4v) is 2.06. The van der Waals surface area contributed by atoms with E-state index in [1.807, 2.05) is 0 Å². The van der Waals surface area contributed by atoms with E-state index in [0.717, 1.165) is 18.7 Å². The number of anilines is 1. The summed E-state index contributed by atoms with van der Waals surface area (Å²) in [5, 5.41) is 16.6. The van der Waals surface area contributed by atoms with Crippen LogP contribution in [0.4, 0.5) is 5.82 Å². The van der Waals surface area contributed by atoms with Crippen LogP contribution in [0.3, 0.4) is 0 Å². The summed E-state index contributed by atoms with van der Waals surface area (Å²) in [6.07, 6.45) is 3.63. The zero-order valence-corrected chi connectivity index (χ0v) is 11.1. The maximum Gasteiger partial charge on any atom is 0.129 e. The highest BCUT2D eigenvalue weighted by atomic mass is 16.3. The first-order valence-electron chi connectivity index (χ1n) is 6.31. The van der Waals surface area contributed by atoms with Gasteiger partial charge in [0.05, 0.1) is 6.61 Å². The molecule has 0 spiro atoms. The number of hydrogen-bond acceptors (Lipinski definition) is 4. The first kappa shape index (κ1) is 14.4. The lowest BCUT2D eigenvalue weighted by Gasteiger charge is -2.31. The average Bonchev–Trinajstić information content (AvgIpc) is 2.39. The third-order valence-electron chi connectivity index (χ3n) is 3.07. The second-order valence-corrected chi connectivity index (χ2v) is 4.20. The van der Waals surface area contributed by atoms with Gasteiger partial charge in [0, 0.05) is 24.3 Å². The monoisotopic (exact) mass is 250 g/mol. The summed E-state index contributed by atoms with van der Waals surface area (Å²) in [4.78, 5) is 6.40. The fraction of sp³-hybridized carbons (Fsp3) is 0.538. The quantitative estimate of drug-likeness (QED) is 0.503. The summed E-state index contributed by atoms with van der Waals surface area (Å²) >= 11 is 0. The number of nitrogen functional groups attached to an aromatic ring is 1. The lowest BCUT2D eigenvalue weighted by Crippen LogP contribution is -2.37. The molecule has 0 radical (unpaired) electrons. The van der Waals surface area contributed by atoms with Gasteiger partial charge in [-0.3, -0.25) is 5.41 Å². The Hall–Kier alpha value is -1.62.